The SMILES string of the molecule is O=C(O)CCC(=O)OCCOCn1c([O-])c(Cc2ccccc2)c(=O)[nH]c1=O. The number of aromatic amines is 1. The van der Waals surface area contributed by atoms with Crippen LogP contribution in [-0.4, -0.2) is 39.8 Å². The predicted molar refractivity (Wildman–Crippen MR) is 93.8 cm³/mol. The van der Waals surface area contributed by atoms with E-state index in [1.807, 2.05) is 0 Å². The zero-order chi connectivity index (χ0) is 20.5. The van der Waals surface area contributed by atoms with Crippen LogP contribution in [0.5, 0.6) is 5.88 Å². The van der Waals surface area contributed by atoms with Crippen LogP contribution in [0, 0.1) is 0 Å². The molecule has 0 aliphatic carbocycles. The van der Waals surface area contributed by atoms with Gasteiger partial charge in [0.25, 0.3) is 5.56 Å². The van der Waals surface area contributed by atoms with Gasteiger partial charge in [-0.15, -0.1) is 0 Å². The van der Waals surface area contributed by atoms with E-state index >= 15 is 0 Å². The maximum Gasteiger partial charge on any atom is 0.329 e. The molecule has 150 valence electrons. The molecular weight excluding hydrogens is 372 g/mol. The highest BCUT2D eigenvalue weighted by Gasteiger charge is 2.10. The van der Waals surface area contributed by atoms with Crippen LogP contribution in [0.15, 0.2) is 39.9 Å². The average Bonchev–Trinajstić information content (AvgIpc) is 2.66. The van der Waals surface area contributed by atoms with Gasteiger partial charge in [-0.1, -0.05) is 30.3 Å². The van der Waals surface area contributed by atoms with E-state index in [1.54, 1.807) is 30.3 Å². The number of carboxylic acids is 1. The number of hydrogen-bond acceptors (Lipinski definition) is 7. The molecule has 0 unspecified atom stereocenters. The highest BCUT2D eigenvalue weighted by atomic mass is 16.6. The van der Waals surface area contributed by atoms with Gasteiger partial charge in [0.15, 0.2) is 0 Å². The smallest absolute Gasteiger partial charge is 0.329 e. The number of benzene rings is 1. The fraction of sp³-hybridized carbons (Fsp3) is 0.333. The Hall–Kier alpha value is -3.40. The molecule has 0 radical (unpaired) electrons. The Kier molecular flexibility index (Phi) is 7.52. The fourth-order valence-electron chi connectivity index (χ4n) is 2.32. The van der Waals surface area contributed by atoms with E-state index in [-0.39, 0.29) is 38.0 Å². The minimum Gasteiger partial charge on any atom is -0.860 e. The lowest BCUT2D eigenvalue weighted by molar-refractivity contribution is -0.283. The molecule has 0 fully saturated rings. The second-order valence-electron chi connectivity index (χ2n) is 5.78. The molecule has 1 aromatic carbocycles. The highest BCUT2D eigenvalue weighted by Crippen LogP contribution is 2.12. The van der Waals surface area contributed by atoms with Gasteiger partial charge in [-0.3, -0.25) is 23.9 Å². The van der Waals surface area contributed by atoms with E-state index in [2.05, 4.69) is 4.98 Å². The molecule has 1 aromatic heterocycles. The van der Waals surface area contributed by atoms with Crippen molar-refractivity contribution < 1.29 is 29.3 Å². The van der Waals surface area contributed by atoms with Gasteiger partial charge in [0.1, 0.15) is 13.3 Å². The van der Waals surface area contributed by atoms with E-state index in [9.17, 15) is 24.3 Å². The molecule has 0 spiro atoms. The first-order valence-electron chi connectivity index (χ1n) is 8.40. The van der Waals surface area contributed by atoms with Crippen LogP contribution in [0.3, 0.4) is 0 Å². The first kappa shape index (κ1) is 20.9. The third kappa shape index (κ3) is 6.09. The number of rotatable bonds is 10. The van der Waals surface area contributed by atoms with Gasteiger partial charge in [-0.05, 0) is 11.4 Å². The molecule has 0 saturated carbocycles. The summed E-state index contributed by atoms with van der Waals surface area (Å²) in [4.78, 5) is 47.5. The Morgan fingerprint density at radius 2 is 1.82 bits per heavy atom. The normalized spacial score (nSPS) is 10.6. The van der Waals surface area contributed by atoms with Crippen LogP contribution in [0.1, 0.15) is 24.0 Å². The molecule has 0 saturated heterocycles. The van der Waals surface area contributed by atoms with E-state index in [1.165, 1.54) is 0 Å². The number of esters is 1. The van der Waals surface area contributed by atoms with Crippen LogP contribution >= 0.6 is 0 Å². The molecule has 0 aliphatic rings. The van der Waals surface area contributed by atoms with Crippen molar-refractivity contribution >= 4 is 11.9 Å². The van der Waals surface area contributed by atoms with Crippen molar-refractivity contribution in [3.63, 3.8) is 0 Å². The number of H-pyrrole nitrogens is 1. The molecule has 2 aromatic rings. The van der Waals surface area contributed by atoms with Gasteiger partial charge in [-0.2, -0.15) is 0 Å². The number of aliphatic carboxylic acids is 1. The van der Waals surface area contributed by atoms with Gasteiger partial charge in [0.05, 0.1) is 19.4 Å². The molecule has 10 heteroatoms. The third-order valence-corrected chi connectivity index (χ3v) is 3.72. The molecule has 10 nitrogen and oxygen atoms in total. The summed E-state index contributed by atoms with van der Waals surface area (Å²) < 4.78 is 10.7. The Bertz CT molecular complexity index is 933. The highest BCUT2D eigenvalue weighted by molar-refractivity contribution is 5.76. The summed E-state index contributed by atoms with van der Waals surface area (Å²) in [5.74, 6) is -2.56. The Morgan fingerprint density at radius 1 is 1.11 bits per heavy atom. The van der Waals surface area contributed by atoms with Crippen LogP contribution in [0.4, 0.5) is 0 Å². The molecular formula is C18H19N2O8-. The van der Waals surface area contributed by atoms with Crippen molar-refractivity contribution in [3.8, 4) is 5.88 Å². The van der Waals surface area contributed by atoms with Crippen molar-refractivity contribution in [2.75, 3.05) is 13.2 Å². The maximum absolute atomic E-state index is 12.5. The molecule has 1 heterocycles. The minimum atomic E-state index is -1.11. The number of nitrogens with zero attached hydrogens (tertiary/aromatic N) is 1. The molecule has 0 amide bonds. The van der Waals surface area contributed by atoms with Gasteiger partial charge in [-0.25, -0.2) is 4.79 Å². The molecule has 28 heavy (non-hydrogen) atoms. The summed E-state index contributed by atoms with van der Waals surface area (Å²) in [7, 11) is 0. The van der Waals surface area contributed by atoms with E-state index in [0.29, 0.717) is 0 Å². The number of carbonyl (C=O) groups excluding carboxylic acids is 1. The predicted octanol–water partition coefficient (Wildman–Crippen LogP) is -0.417. The molecule has 2 N–H and O–H groups in total. The molecule has 0 atom stereocenters. The Morgan fingerprint density at radius 3 is 2.50 bits per heavy atom. The van der Waals surface area contributed by atoms with Crippen molar-refractivity contribution in [2.24, 2.45) is 0 Å². The second-order valence-corrected chi connectivity index (χ2v) is 5.78. The van der Waals surface area contributed by atoms with Crippen LogP contribution in [0.25, 0.3) is 0 Å². The summed E-state index contributed by atoms with van der Waals surface area (Å²) in [6.45, 7) is -0.706. The van der Waals surface area contributed by atoms with E-state index in [4.69, 9.17) is 14.6 Å². The zero-order valence-corrected chi connectivity index (χ0v) is 14.9. The van der Waals surface area contributed by atoms with Crippen molar-refractivity contribution in [3.05, 3.63) is 62.3 Å². The van der Waals surface area contributed by atoms with E-state index in [0.717, 1.165) is 10.1 Å². The maximum atomic E-state index is 12.5. The number of nitrogens with one attached hydrogen (secondary N) is 1. The van der Waals surface area contributed by atoms with Crippen LogP contribution in [0.2, 0.25) is 0 Å². The summed E-state index contributed by atoms with van der Waals surface area (Å²) in [5.41, 5.74) is -0.994. The van der Waals surface area contributed by atoms with Crippen molar-refractivity contribution in [1.29, 1.82) is 0 Å². The van der Waals surface area contributed by atoms with Gasteiger partial charge >= 0.3 is 17.6 Å². The number of aromatic nitrogens is 2. The average molecular weight is 391 g/mol. The number of ether oxygens (including phenoxy) is 2. The number of carboxylic acid groups (broad SMARTS) is 1. The van der Waals surface area contributed by atoms with Gasteiger partial charge in [0.2, 0.25) is 0 Å². The first-order chi connectivity index (χ1) is 13.4. The largest absolute Gasteiger partial charge is 0.860 e. The first-order valence-corrected chi connectivity index (χ1v) is 8.40. The monoisotopic (exact) mass is 391 g/mol. The molecule has 0 bridgehead atoms. The molecule has 0 aliphatic heterocycles. The van der Waals surface area contributed by atoms with Crippen molar-refractivity contribution in [2.45, 2.75) is 26.0 Å². The minimum absolute atomic E-state index is 0.0659. The Labute approximate surface area is 159 Å². The summed E-state index contributed by atoms with van der Waals surface area (Å²) in [6.07, 6.45) is -0.533. The van der Waals surface area contributed by atoms with E-state index < -0.39 is 35.8 Å². The second kappa shape index (κ2) is 10.1. The fourth-order valence-corrected chi connectivity index (χ4v) is 2.32. The summed E-state index contributed by atoms with van der Waals surface area (Å²) >= 11 is 0. The Balaban J connectivity index is 1.94. The number of hydrogen-bond donors (Lipinski definition) is 2. The van der Waals surface area contributed by atoms with Gasteiger partial charge in [0, 0.05) is 12.0 Å². The lowest BCUT2D eigenvalue weighted by atomic mass is 10.1. The standard InChI is InChI=1S/C18H20N2O8/c21-14(22)6-7-15(23)28-9-8-27-11-20-17(25)13(16(24)19-18(20)26)10-12-4-2-1-3-5-12/h1-5,25H,6-11H2,(H,21,22)(H,19,24,26)/p-1. The van der Waals surface area contributed by atoms with Crippen LogP contribution in [-0.2, 0) is 32.2 Å². The van der Waals surface area contributed by atoms with Crippen molar-refractivity contribution in [1.82, 2.24) is 9.55 Å². The van der Waals surface area contributed by atoms with Gasteiger partial charge < -0.3 is 19.7 Å². The third-order valence-electron chi connectivity index (χ3n) is 3.72. The van der Waals surface area contributed by atoms with Crippen LogP contribution < -0.4 is 16.4 Å². The summed E-state index contributed by atoms with van der Waals surface area (Å²) in [5, 5.41) is 20.9. The topological polar surface area (TPSA) is 151 Å². The quantitative estimate of drug-likeness (QED) is 0.409. The zero-order valence-electron chi connectivity index (χ0n) is 14.9. The lowest BCUT2D eigenvalue weighted by Crippen LogP contribution is -2.35. The molecule has 2 rings (SSSR count). The lowest BCUT2D eigenvalue weighted by Gasteiger charge is -2.19. The summed E-state index contributed by atoms with van der Waals surface area (Å²) in [6, 6.07) is 8.85. The number of carbonyl (C=O) groups is 2.